The molecule has 0 aliphatic heterocycles. The van der Waals surface area contributed by atoms with Gasteiger partial charge in [0, 0.05) is 25.1 Å². The van der Waals surface area contributed by atoms with Crippen molar-refractivity contribution in [3.05, 3.63) is 51.3 Å². The molecule has 0 radical (unpaired) electrons. The van der Waals surface area contributed by atoms with E-state index in [2.05, 4.69) is 21.0 Å². The van der Waals surface area contributed by atoms with Gasteiger partial charge in [0.05, 0.1) is 15.9 Å². The molecule has 2 rings (SSSR count). The lowest BCUT2D eigenvalue weighted by Gasteiger charge is -2.14. The smallest absolute Gasteiger partial charge is 0.130 e. The van der Waals surface area contributed by atoms with Crippen molar-refractivity contribution in [2.45, 2.75) is 25.8 Å². The van der Waals surface area contributed by atoms with Gasteiger partial charge >= 0.3 is 0 Å². The first-order chi connectivity index (χ1) is 9.45. The predicted octanol–water partition coefficient (Wildman–Crippen LogP) is 3.27. The van der Waals surface area contributed by atoms with E-state index in [9.17, 15) is 8.78 Å². The second-order valence-corrected chi connectivity index (χ2v) is 5.42. The van der Waals surface area contributed by atoms with Crippen LogP contribution in [0.5, 0.6) is 0 Å². The van der Waals surface area contributed by atoms with Crippen molar-refractivity contribution in [2.75, 3.05) is 0 Å². The van der Waals surface area contributed by atoms with Gasteiger partial charge in [-0.15, -0.1) is 0 Å². The number of rotatable bonds is 4. The summed E-state index contributed by atoms with van der Waals surface area (Å²) in [7, 11) is 1.80. The maximum absolute atomic E-state index is 13.7. The summed E-state index contributed by atoms with van der Waals surface area (Å²) in [5.41, 5.74) is 7.63. The molecule has 0 aliphatic rings. The van der Waals surface area contributed by atoms with Gasteiger partial charge in [0.15, 0.2) is 0 Å². The normalized spacial score (nSPS) is 12.7. The molecular formula is C14H16BrF2N3. The number of aromatic nitrogens is 2. The molecule has 0 amide bonds. The molecule has 2 N–H and O–H groups in total. The molecule has 20 heavy (non-hydrogen) atoms. The van der Waals surface area contributed by atoms with Crippen molar-refractivity contribution in [3.63, 3.8) is 0 Å². The lowest BCUT2D eigenvalue weighted by atomic mass is 10.0. The lowest BCUT2D eigenvalue weighted by Crippen LogP contribution is -2.18. The van der Waals surface area contributed by atoms with Gasteiger partial charge < -0.3 is 5.73 Å². The first-order valence-electron chi connectivity index (χ1n) is 6.35. The highest BCUT2D eigenvalue weighted by molar-refractivity contribution is 9.10. The summed E-state index contributed by atoms with van der Waals surface area (Å²) < 4.78 is 30.0. The quantitative estimate of drug-likeness (QED) is 0.925. The number of halogens is 3. The summed E-state index contributed by atoms with van der Waals surface area (Å²) >= 11 is 3.47. The van der Waals surface area contributed by atoms with Gasteiger partial charge in [-0.25, -0.2) is 8.78 Å². The van der Waals surface area contributed by atoms with Crippen LogP contribution in [0.25, 0.3) is 0 Å². The van der Waals surface area contributed by atoms with E-state index in [-0.39, 0.29) is 5.56 Å². The molecule has 2 aromatic rings. The van der Waals surface area contributed by atoms with Crippen molar-refractivity contribution in [1.82, 2.24) is 9.78 Å². The van der Waals surface area contributed by atoms with Gasteiger partial charge in [0.2, 0.25) is 0 Å². The van der Waals surface area contributed by atoms with Gasteiger partial charge in [-0.3, -0.25) is 4.68 Å². The molecule has 0 saturated carbocycles. The number of benzene rings is 1. The number of nitrogens with zero attached hydrogens (tertiary/aromatic N) is 2. The van der Waals surface area contributed by atoms with Crippen molar-refractivity contribution >= 4 is 15.9 Å². The SMILES string of the molecule is CCc1nn(C)c(CC(N)c2c(F)cccc2F)c1Br. The van der Waals surface area contributed by atoms with E-state index in [1.807, 2.05) is 6.92 Å². The van der Waals surface area contributed by atoms with Crippen molar-refractivity contribution in [3.8, 4) is 0 Å². The van der Waals surface area contributed by atoms with Crippen LogP contribution < -0.4 is 5.73 Å². The van der Waals surface area contributed by atoms with Crippen LogP contribution in [0.15, 0.2) is 22.7 Å². The summed E-state index contributed by atoms with van der Waals surface area (Å²) in [6.07, 6.45) is 1.08. The van der Waals surface area contributed by atoms with E-state index in [1.54, 1.807) is 11.7 Å². The Bertz CT molecular complexity index is 605. The number of hydrogen-bond acceptors (Lipinski definition) is 2. The fourth-order valence-electron chi connectivity index (χ4n) is 2.22. The summed E-state index contributed by atoms with van der Waals surface area (Å²) in [5.74, 6) is -1.24. The zero-order chi connectivity index (χ0) is 14.9. The Morgan fingerprint density at radius 1 is 1.35 bits per heavy atom. The topological polar surface area (TPSA) is 43.8 Å². The van der Waals surface area contributed by atoms with Gasteiger partial charge in [0.25, 0.3) is 0 Å². The summed E-state index contributed by atoms with van der Waals surface area (Å²) in [4.78, 5) is 0. The van der Waals surface area contributed by atoms with E-state index < -0.39 is 17.7 Å². The summed E-state index contributed by atoms with van der Waals surface area (Å²) in [5, 5.41) is 4.35. The van der Waals surface area contributed by atoms with E-state index >= 15 is 0 Å². The van der Waals surface area contributed by atoms with Crippen molar-refractivity contribution in [2.24, 2.45) is 12.8 Å². The van der Waals surface area contributed by atoms with Crippen LogP contribution in [0, 0.1) is 11.6 Å². The Labute approximate surface area is 124 Å². The molecule has 108 valence electrons. The first kappa shape index (κ1) is 15.1. The second kappa shape index (κ2) is 6.01. The minimum absolute atomic E-state index is 0.0846. The number of hydrogen-bond donors (Lipinski definition) is 1. The van der Waals surface area contributed by atoms with E-state index in [0.29, 0.717) is 6.42 Å². The van der Waals surface area contributed by atoms with E-state index in [4.69, 9.17) is 5.73 Å². The third kappa shape index (κ3) is 2.76. The highest BCUT2D eigenvalue weighted by Gasteiger charge is 2.21. The van der Waals surface area contributed by atoms with Crippen LogP contribution >= 0.6 is 15.9 Å². The Morgan fingerprint density at radius 3 is 2.45 bits per heavy atom. The third-order valence-corrected chi connectivity index (χ3v) is 4.20. The molecule has 1 unspecified atom stereocenters. The average molecular weight is 344 g/mol. The summed E-state index contributed by atoms with van der Waals surface area (Å²) in [6, 6.07) is 3.01. The molecule has 1 aromatic heterocycles. The predicted molar refractivity (Wildman–Crippen MR) is 77.3 cm³/mol. The van der Waals surface area contributed by atoms with E-state index in [0.717, 1.165) is 22.3 Å². The maximum Gasteiger partial charge on any atom is 0.130 e. The molecule has 1 aromatic carbocycles. The van der Waals surface area contributed by atoms with Crippen LogP contribution in [-0.4, -0.2) is 9.78 Å². The second-order valence-electron chi connectivity index (χ2n) is 4.63. The van der Waals surface area contributed by atoms with Crippen LogP contribution in [0.3, 0.4) is 0 Å². The fraction of sp³-hybridized carbons (Fsp3) is 0.357. The lowest BCUT2D eigenvalue weighted by molar-refractivity contribution is 0.517. The molecule has 0 bridgehead atoms. The van der Waals surface area contributed by atoms with Crippen LogP contribution in [0.1, 0.15) is 29.9 Å². The van der Waals surface area contributed by atoms with Crippen molar-refractivity contribution < 1.29 is 8.78 Å². The maximum atomic E-state index is 13.7. The molecule has 0 spiro atoms. The highest BCUT2D eigenvalue weighted by Crippen LogP contribution is 2.27. The molecule has 0 saturated heterocycles. The van der Waals surface area contributed by atoms with Crippen molar-refractivity contribution in [1.29, 1.82) is 0 Å². The summed E-state index contributed by atoms with van der Waals surface area (Å²) in [6.45, 7) is 1.99. The van der Waals surface area contributed by atoms with Gasteiger partial charge in [-0.2, -0.15) is 5.10 Å². The van der Waals surface area contributed by atoms with Crippen LogP contribution in [-0.2, 0) is 19.9 Å². The zero-order valence-corrected chi connectivity index (χ0v) is 12.9. The monoisotopic (exact) mass is 343 g/mol. The molecule has 0 fully saturated rings. The average Bonchev–Trinajstić information content (AvgIpc) is 2.66. The van der Waals surface area contributed by atoms with Gasteiger partial charge in [-0.05, 0) is 34.5 Å². The molecule has 1 heterocycles. The van der Waals surface area contributed by atoms with Gasteiger partial charge in [0.1, 0.15) is 11.6 Å². The standard InChI is InChI=1S/C14H16BrF2N3/c1-3-11-14(15)12(20(2)19-11)7-10(18)13-8(16)5-4-6-9(13)17/h4-6,10H,3,7,18H2,1-2H3. The number of aryl methyl sites for hydroxylation is 2. The van der Waals surface area contributed by atoms with Crippen LogP contribution in [0.4, 0.5) is 8.78 Å². The highest BCUT2D eigenvalue weighted by atomic mass is 79.9. The number of nitrogens with two attached hydrogens (primary N) is 1. The largest absolute Gasteiger partial charge is 0.323 e. The Hall–Kier alpha value is -1.27. The van der Waals surface area contributed by atoms with Crippen LogP contribution in [0.2, 0.25) is 0 Å². The molecular weight excluding hydrogens is 328 g/mol. The minimum atomic E-state index is -0.757. The zero-order valence-electron chi connectivity index (χ0n) is 11.3. The Morgan fingerprint density at radius 2 is 1.95 bits per heavy atom. The Balaban J connectivity index is 2.33. The molecule has 6 heteroatoms. The Kier molecular flexibility index (Phi) is 4.55. The fourth-order valence-corrected chi connectivity index (χ4v) is 3.00. The molecule has 1 atom stereocenters. The molecule has 3 nitrogen and oxygen atoms in total. The van der Waals surface area contributed by atoms with E-state index in [1.165, 1.54) is 18.2 Å². The first-order valence-corrected chi connectivity index (χ1v) is 7.14. The third-order valence-electron chi connectivity index (χ3n) is 3.29. The minimum Gasteiger partial charge on any atom is -0.323 e. The molecule has 0 aliphatic carbocycles. The van der Waals surface area contributed by atoms with Gasteiger partial charge in [-0.1, -0.05) is 13.0 Å².